The van der Waals surface area contributed by atoms with Gasteiger partial charge >= 0.3 is 0 Å². The van der Waals surface area contributed by atoms with Crippen molar-refractivity contribution >= 4 is 33.3 Å². The number of halogens is 2. The lowest BCUT2D eigenvalue weighted by Crippen LogP contribution is -2.16. The number of nitrogen functional groups attached to an aromatic ring is 1. The number of nitrogens with one attached hydrogen (secondary N) is 1. The van der Waals surface area contributed by atoms with E-state index in [1.54, 1.807) is 24.3 Å². The molecule has 0 fully saturated rings. The van der Waals surface area contributed by atoms with Gasteiger partial charge in [0, 0.05) is 17.3 Å². The molecule has 0 saturated heterocycles. The summed E-state index contributed by atoms with van der Waals surface area (Å²) in [6.45, 7) is 1.52. The van der Waals surface area contributed by atoms with E-state index < -0.39 is 11.9 Å². The number of anilines is 2. The van der Waals surface area contributed by atoms with Crippen LogP contribution in [0.15, 0.2) is 59.1 Å². The Bertz CT molecular complexity index is 979. The molecule has 3 aromatic rings. The molecule has 132 valence electrons. The molecule has 5 nitrogen and oxygen atoms in total. The van der Waals surface area contributed by atoms with Crippen molar-refractivity contribution in [2.75, 3.05) is 11.1 Å². The molecule has 0 radical (unpaired) electrons. The largest absolute Gasteiger partial charge is 0.456 e. The van der Waals surface area contributed by atoms with Crippen molar-refractivity contribution < 1.29 is 13.9 Å². The molecule has 0 saturated carbocycles. The molecule has 2 aromatic carbocycles. The minimum atomic E-state index is -0.692. The van der Waals surface area contributed by atoms with Crippen molar-refractivity contribution in [2.24, 2.45) is 0 Å². The molecule has 0 aliphatic rings. The predicted molar refractivity (Wildman–Crippen MR) is 102 cm³/mol. The van der Waals surface area contributed by atoms with Crippen molar-refractivity contribution in [1.29, 1.82) is 0 Å². The van der Waals surface area contributed by atoms with Crippen LogP contribution < -0.4 is 15.8 Å². The summed E-state index contributed by atoms with van der Waals surface area (Å²) >= 11 is 3.42. The second-order valence-electron chi connectivity index (χ2n) is 5.54. The highest BCUT2D eigenvalue weighted by molar-refractivity contribution is 9.10. The second kappa shape index (κ2) is 7.53. The number of nitrogens with zero attached hydrogens (tertiary/aromatic N) is 1. The lowest BCUT2D eigenvalue weighted by molar-refractivity contribution is 0.102. The Kier molecular flexibility index (Phi) is 5.18. The molecule has 1 heterocycles. The molecule has 0 unspecified atom stereocenters. The van der Waals surface area contributed by atoms with E-state index in [1.807, 2.05) is 24.3 Å². The minimum absolute atomic E-state index is 0.112. The van der Waals surface area contributed by atoms with Gasteiger partial charge in [-0.1, -0.05) is 18.2 Å². The van der Waals surface area contributed by atoms with E-state index in [0.717, 1.165) is 4.47 Å². The molecule has 3 N–H and O–H groups in total. The summed E-state index contributed by atoms with van der Waals surface area (Å²) in [6, 6.07) is 15.7. The summed E-state index contributed by atoms with van der Waals surface area (Å²) < 4.78 is 20.0. The van der Waals surface area contributed by atoms with Gasteiger partial charge in [-0.25, -0.2) is 4.98 Å². The van der Waals surface area contributed by atoms with Crippen LogP contribution in [0.4, 0.5) is 15.9 Å². The van der Waals surface area contributed by atoms with Crippen LogP contribution >= 0.6 is 15.9 Å². The minimum Gasteiger partial charge on any atom is -0.456 e. The Morgan fingerprint density at radius 1 is 1.19 bits per heavy atom. The number of ether oxygens (including phenoxy) is 1. The third-order valence-corrected chi connectivity index (χ3v) is 4.24. The highest BCUT2D eigenvalue weighted by atomic mass is 79.9. The molecule has 0 aliphatic heterocycles. The SMILES string of the molecule is Cc1cc(C(=O)Nc2cccc(Oc3ccccc3Br)c2)c(N)nc1F. The molecule has 26 heavy (non-hydrogen) atoms. The van der Waals surface area contributed by atoms with Crippen LogP contribution in [0.5, 0.6) is 11.5 Å². The van der Waals surface area contributed by atoms with Crippen molar-refractivity contribution in [1.82, 2.24) is 4.98 Å². The predicted octanol–water partition coefficient (Wildman–Crippen LogP) is 4.92. The number of aryl methyl sites for hydroxylation is 1. The third kappa shape index (κ3) is 4.00. The van der Waals surface area contributed by atoms with Crippen molar-refractivity contribution in [3.8, 4) is 11.5 Å². The highest BCUT2D eigenvalue weighted by Crippen LogP contribution is 2.30. The lowest BCUT2D eigenvalue weighted by atomic mass is 10.1. The first-order valence-electron chi connectivity index (χ1n) is 7.70. The van der Waals surface area contributed by atoms with Crippen LogP contribution in [0.25, 0.3) is 0 Å². The number of hydrogen-bond donors (Lipinski definition) is 2. The molecule has 0 bridgehead atoms. The zero-order valence-electron chi connectivity index (χ0n) is 13.8. The Morgan fingerprint density at radius 2 is 1.96 bits per heavy atom. The van der Waals surface area contributed by atoms with Crippen LogP contribution in [-0.4, -0.2) is 10.9 Å². The van der Waals surface area contributed by atoms with Crippen LogP contribution in [-0.2, 0) is 0 Å². The van der Waals surface area contributed by atoms with E-state index in [9.17, 15) is 9.18 Å². The fraction of sp³-hybridized carbons (Fsp3) is 0.0526. The number of carbonyl (C=O) groups is 1. The number of benzene rings is 2. The number of pyridine rings is 1. The molecule has 0 spiro atoms. The Labute approximate surface area is 158 Å². The first kappa shape index (κ1) is 17.9. The van der Waals surface area contributed by atoms with Gasteiger partial charge in [0.15, 0.2) is 0 Å². The monoisotopic (exact) mass is 415 g/mol. The van der Waals surface area contributed by atoms with E-state index in [0.29, 0.717) is 17.2 Å². The van der Waals surface area contributed by atoms with Gasteiger partial charge in [-0.3, -0.25) is 4.79 Å². The van der Waals surface area contributed by atoms with Crippen molar-refractivity contribution in [3.05, 3.63) is 76.1 Å². The quantitative estimate of drug-likeness (QED) is 0.592. The number of carbonyl (C=O) groups excluding carboxylic acids is 1. The smallest absolute Gasteiger partial charge is 0.259 e. The fourth-order valence-electron chi connectivity index (χ4n) is 2.28. The van der Waals surface area contributed by atoms with Gasteiger partial charge < -0.3 is 15.8 Å². The van der Waals surface area contributed by atoms with Crippen LogP contribution in [0.1, 0.15) is 15.9 Å². The van der Waals surface area contributed by atoms with E-state index in [2.05, 4.69) is 26.2 Å². The van der Waals surface area contributed by atoms with Crippen molar-refractivity contribution in [3.63, 3.8) is 0 Å². The van der Waals surface area contributed by atoms with Crippen molar-refractivity contribution in [2.45, 2.75) is 6.92 Å². The maximum atomic E-state index is 13.4. The first-order chi connectivity index (χ1) is 12.4. The highest BCUT2D eigenvalue weighted by Gasteiger charge is 2.14. The number of aromatic nitrogens is 1. The normalized spacial score (nSPS) is 10.4. The number of amides is 1. The number of nitrogens with two attached hydrogens (primary N) is 1. The number of rotatable bonds is 4. The number of hydrogen-bond acceptors (Lipinski definition) is 4. The van der Waals surface area contributed by atoms with E-state index in [4.69, 9.17) is 10.5 Å². The summed E-state index contributed by atoms with van der Waals surface area (Å²) in [5, 5.41) is 2.71. The van der Waals surface area contributed by atoms with E-state index in [1.165, 1.54) is 13.0 Å². The molecule has 1 aromatic heterocycles. The fourth-order valence-corrected chi connectivity index (χ4v) is 2.64. The molecule has 7 heteroatoms. The zero-order chi connectivity index (χ0) is 18.7. The molecule has 1 amide bonds. The Morgan fingerprint density at radius 3 is 2.73 bits per heavy atom. The molecular weight excluding hydrogens is 401 g/mol. The zero-order valence-corrected chi connectivity index (χ0v) is 15.4. The van der Waals surface area contributed by atoms with Crippen LogP contribution in [0, 0.1) is 12.9 Å². The van der Waals surface area contributed by atoms with Gasteiger partial charge in [0.25, 0.3) is 5.91 Å². The van der Waals surface area contributed by atoms with Crippen LogP contribution in [0.3, 0.4) is 0 Å². The van der Waals surface area contributed by atoms with Gasteiger partial charge in [0.1, 0.15) is 17.3 Å². The first-order valence-corrected chi connectivity index (χ1v) is 8.50. The maximum absolute atomic E-state index is 13.4. The average Bonchev–Trinajstić information content (AvgIpc) is 2.60. The summed E-state index contributed by atoms with van der Waals surface area (Å²) in [7, 11) is 0. The molecule has 0 atom stereocenters. The number of para-hydroxylation sites is 1. The van der Waals surface area contributed by atoms with E-state index >= 15 is 0 Å². The topological polar surface area (TPSA) is 77.2 Å². The Hall–Kier alpha value is -2.93. The summed E-state index contributed by atoms with van der Waals surface area (Å²) in [5.74, 6) is -0.125. The average molecular weight is 416 g/mol. The molecule has 3 rings (SSSR count). The van der Waals surface area contributed by atoms with E-state index in [-0.39, 0.29) is 16.9 Å². The lowest BCUT2D eigenvalue weighted by Gasteiger charge is -2.11. The molecular formula is C19H15BrFN3O2. The van der Waals surface area contributed by atoms with Gasteiger partial charge in [0.2, 0.25) is 5.95 Å². The summed E-state index contributed by atoms with van der Waals surface area (Å²) in [4.78, 5) is 16.0. The van der Waals surface area contributed by atoms with Crippen LogP contribution in [0.2, 0.25) is 0 Å². The third-order valence-electron chi connectivity index (χ3n) is 3.58. The van der Waals surface area contributed by atoms with Gasteiger partial charge in [0.05, 0.1) is 10.0 Å². The molecule has 0 aliphatic carbocycles. The summed E-state index contributed by atoms with van der Waals surface area (Å²) in [5.41, 5.74) is 6.52. The standard InChI is InChI=1S/C19H15BrFN3O2/c1-11-9-14(18(22)24-17(11)21)19(25)23-12-5-4-6-13(10-12)26-16-8-3-2-7-15(16)20/h2-10H,1H3,(H2,22,24)(H,23,25). The summed E-state index contributed by atoms with van der Waals surface area (Å²) in [6.07, 6.45) is 0. The maximum Gasteiger partial charge on any atom is 0.259 e. The van der Waals surface area contributed by atoms with Gasteiger partial charge in [-0.05, 0) is 53.2 Å². The second-order valence-corrected chi connectivity index (χ2v) is 6.40. The van der Waals surface area contributed by atoms with Gasteiger partial charge in [-0.15, -0.1) is 0 Å². The van der Waals surface area contributed by atoms with Gasteiger partial charge in [-0.2, -0.15) is 4.39 Å². The Balaban J connectivity index is 1.80.